The molecule has 2 amide bonds. The van der Waals surface area contributed by atoms with Gasteiger partial charge in [-0.25, -0.2) is 0 Å². The van der Waals surface area contributed by atoms with Crippen molar-refractivity contribution < 1.29 is 9.59 Å². The number of carbonyl (C=O) groups is 2. The average molecular weight is 538 g/mol. The minimum Gasteiger partial charge on any atom is -0.342 e. The van der Waals surface area contributed by atoms with E-state index in [2.05, 4.69) is 103 Å². The Morgan fingerprint density at radius 2 is 1.38 bits per heavy atom. The average Bonchev–Trinajstić information content (AvgIpc) is 2.98. The molecule has 2 saturated heterocycles. The van der Waals surface area contributed by atoms with Crippen LogP contribution in [0.2, 0.25) is 0 Å². The first kappa shape index (κ1) is 28.1. The van der Waals surface area contributed by atoms with Crippen molar-refractivity contribution in [2.45, 2.75) is 63.5 Å². The summed E-state index contributed by atoms with van der Waals surface area (Å²) in [7, 11) is 0. The van der Waals surface area contributed by atoms with Crippen molar-refractivity contribution in [1.82, 2.24) is 15.1 Å². The summed E-state index contributed by atoms with van der Waals surface area (Å²) in [4.78, 5) is 32.6. The topological polar surface area (TPSA) is 52.7 Å². The maximum Gasteiger partial charge on any atom is 0.246 e. The molecule has 3 aromatic carbocycles. The third kappa shape index (κ3) is 6.31. The lowest BCUT2D eigenvalue weighted by Crippen LogP contribution is -2.73. The SMILES string of the molecule is CC(C)CC1NC(=O)C2(CCN(CCCc3ccccc3)CC2)N(CC(c2ccccc2)c2ccccc2)C1=O. The van der Waals surface area contributed by atoms with Crippen LogP contribution < -0.4 is 5.32 Å². The minimum absolute atomic E-state index is 0.00210. The van der Waals surface area contributed by atoms with Crippen LogP contribution >= 0.6 is 0 Å². The van der Waals surface area contributed by atoms with Crippen molar-refractivity contribution in [2.24, 2.45) is 5.92 Å². The summed E-state index contributed by atoms with van der Waals surface area (Å²) >= 11 is 0. The number of nitrogens with one attached hydrogen (secondary N) is 1. The Balaban J connectivity index is 1.37. The molecule has 5 heteroatoms. The van der Waals surface area contributed by atoms with Crippen LogP contribution in [0.4, 0.5) is 0 Å². The van der Waals surface area contributed by atoms with Gasteiger partial charge in [-0.05, 0) is 61.3 Å². The van der Waals surface area contributed by atoms with Crippen molar-refractivity contribution in [3.05, 3.63) is 108 Å². The number of piperidine rings is 1. The Kier molecular flexibility index (Phi) is 9.01. The second-order valence-corrected chi connectivity index (χ2v) is 11.9. The summed E-state index contributed by atoms with van der Waals surface area (Å²) in [6.45, 7) is 7.37. The minimum atomic E-state index is -0.803. The van der Waals surface area contributed by atoms with Crippen LogP contribution in [0.3, 0.4) is 0 Å². The molecule has 0 saturated carbocycles. The third-order valence-corrected chi connectivity index (χ3v) is 8.75. The molecule has 2 aliphatic heterocycles. The molecule has 1 atom stereocenters. The molecule has 5 nitrogen and oxygen atoms in total. The summed E-state index contributed by atoms with van der Waals surface area (Å²) in [6.07, 6.45) is 4.14. The highest BCUT2D eigenvalue weighted by atomic mass is 16.2. The van der Waals surface area contributed by atoms with E-state index in [4.69, 9.17) is 0 Å². The van der Waals surface area contributed by atoms with Crippen LogP contribution in [0.5, 0.6) is 0 Å². The smallest absolute Gasteiger partial charge is 0.246 e. The van der Waals surface area contributed by atoms with Gasteiger partial charge >= 0.3 is 0 Å². The fourth-order valence-electron chi connectivity index (χ4n) is 6.52. The summed E-state index contributed by atoms with van der Waals surface area (Å²) in [5.41, 5.74) is 2.90. The lowest BCUT2D eigenvalue weighted by molar-refractivity contribution is -0.161. The van der Waals surface area contributed by atoms with E-state index in [0.29, 0.717) is 31.7 Å². The second-order valence-electron chi connectivity index (χ2n) is 11.9. The van der Waals surface area contributed by atoms with E-state index >= 15 is 0 Å². The standard InChI is InChI=1S/C35H43N3O2/c1-27(2)25-32-33(39)38(26-31(29-16-8-4-9-17-29)30-18-10-5-11-19-30)35(34(40)36-32)20-23-37(24-21-35)22-12-15-28-13-6-3-7-14-28/h3-11,13-14,16-19,27,31-32H,12,15,20-26H2,1-2H3,(H,36,40). The number of aryl methyl sites for hydroxylation is 1. The van der Waals surface area contributed by atoms with Gasteiger partial charge in [0, 0.05) is 25.6 Å². The Bertz CT molecular complexity index is 1200. The molecule has 2 aliphatic rings. The Labute approximate surface area is 239 Å². The largest absolute Gasteiger partial charge is 0.342 e. The maximum atomic E-state index is 14.2. The molecule has 1 N–H and O–H groups in total. The maximum absolute atomic E-state index is 14.2. The molecule has 0 aliphatic carbocycles. The molecular weight excluding hydrogens is 494 g/mol. The number of piperazine rings is 1. The molecule has 210 valence electrons. The molecule has 0 radical (unpaired) electrons. The van der Waals surface area contributed by atoms with Crippen LogP contribution in [0.25, 0.3) is 0 Å². The van der Waals surface area contributed by atoms with E-state index in [9.17, 15) is 9.59 Å². The molecule has 40 heavy (non-hydrogen) atoms. The van der Waals surface area contributed by atoms with Crippen molar-refractivity contribution in [3.8, 4) is 0 Å². The summed E-state index contributed by atoms with van der Waals surface area (Å²) in [5, 5.41) is 3.17. The first-order chi connectivity index (χ1) is 19.5. The van der Waals surface area contributed by atoms with Gasteiger partial charge in [0.2, 0.25) is 11.8 Å². The number of nitrogens with zero attached hydrogens (tertiary/aromatic N) is 2. The fraction of sp³-hybridized carbons (Fsp3) is 0.429. The van der Waals surface area contributed by atoms with Gasteiger partial charge in [-0.15, -0.1) is 0 Å². The van der Waals surface area contributed by atoms with E-state index in [1.54, 1.807) is 0 Å². The Morgan fingerprint density at radius 1 is 0.825 bits per heavy atom. The highest BCUT2D eigenvalue weighted by Gasteiger charge is 2.54. The van der Waals surface area contributed by atoms with Crippen LogP contribution in [0.1, 0.15) is 62.1 Å². The number of benzene rings is 3. The van der Waals surface area contributed by atoms with Gasteiger partial charge in [-0.3, -0.25) is 9.59 Å². The van der Waals surface area contributed by atoms with Gasteiger partial charge in [-0.2, -0.15) is 0 Å². The Hall–Kier alpha value is -3.44. The van der Waals surface area contributed by atoms with E-state index in [1.807, 2.05) is 17.0 Å². The molecular formula is C35H43N3O2. The van der Waals surface area contributed by atoms with Gasteiger partial charge in [0.15, 0.2) is 0 Å². The number of rotatable bonds is 10. The highest BCUT2D eigenvalue weighted by molar-refractivity contribution is 6.00. The van der Waals surface area contributed by atoms with Crippen molar-refractivity contribution in [1.29, 1.82) is 0 Å². The number of carbonyl (C=O) groups excluding carboxylic acids is 2. The molecule has 1 spiro atoms. The van der Waals surface area contributed by atoms with Crippen molar-refractivity contribution in [3.63, 3.8) is 0 Å². The molecule has 5 rings (SSSR count). The lowest BCUT2D eigenvalue weighted by atomic mass is 9.79. The van der Waals surface area contributed by atoms with Gasteiger partial charge < -0.3 is 15.1 Å². The summed E-state index contributed by atoms with van der Waals surface area (Å²) in [5.74, 6) is 0.414. The van der Waals surface area contributed by atoms with E-state index in [0.717, 1.165) is 32.5 Å². The monoisotopic (exact) mass is 537 g/mol. The Morgan fingerprint density at radius 3 is 1.93 bits per heavy atom. The molecule has 0 bridgehead atoms. The van der Waals surface area contributed by atoms with E-state index in [-0.39, 0.29) is 17.7 Å². The van der Waals surface area contributed by atoms with Gasteiger partial charge in [0.1, 0.15) is 11.6 Å². The normalized spacial score (nSPS) is 19.4. The number of hydrogen-bond acceptors (Lipinski definition) is 3. The predicted molar refractivity (Wildman–Crippen MR) is 161 cm³/mol. The lowest BCUT2D eigenvalue weighted by Gasteiger charge is -2.52. The van der Waals surface area contributed by atoms with E-state index in [1.165, 1.54) is 16.7 Å². The molecule has 2 heterocycles. The van der Waals surface area contributed by atoms with Crippen LogP contribution in [0.15, 0.2) is 91.0 Å². The molecule has 3 aromatic rings. The van der Waals surface area contributed by atoms with Gasteiger partial charge in [0.05, 0.1) is 0 Å². The molecule has 0 aromatic heterocycles. The van der Waals surface area contributed by atoms with Crippen LogP contribution in [-0.4, -0.2) is 59.4 Å². The zero-order valence-corrected chi connectivity index (χ0v) is 24.0. The number of hydrogen-bond donors (Lipinski definition) is 1. The quantitative estimate of drug-likeness (QED) is 0.363. The van der Waals surface area contributed by atoms with Crippen molar-refractivity contribution in [2.75, 3.05) is 26.2 Å². The van der Waals surface area contributed by atoms with Crippen LogP contribution in [-0.2, 0) is 16.0 Å². The first-order valence-electron chi connectivity index (χ1n) is 14.9. The van der Waals surface area contributed by atoms with Gasteiger partial charge in [-0.1, -0.05) is 105 Å². The molecule has 1 unspecified atom stereocenters. The highest BCUT2D eigenvalue weighted by Crippen LogP contribution is 2.37. The molecule has 2 fully saturated rings. The zero-order valence-electron chi connectivity index (χ0n) is 24.0. The summed E-state index contributed by atoms with van der Waals surface area (Å²) < 4.78 is 0. The predicted octanol–water partition coefficient (Wildman–Crippen LogP) is 5.66. The summed E-state index contributed by atoms with van der Waals surface area (Å²) in [6, 6.07) is 31.0. The van der Waals surface area contributed by atoms with Crippen molar-refractivity contribution >= 4 is 11.8 Å². The van der Waals surface area contributed by atoms with Crippen LogP contribution in [0, 0.1) is 5.92 Å². The zero-order chi connectivity index (χ0) is 28.0. The fourth-order valence-corrected chi connectivity index (χ4v) is 6.52. The van der Waals surface area contributed by atoms with E-state index < -0.39 is 11.6 Å². The van der Waals surface area contributed by atoms with Gasteiger partial charge in [0.25, 0.3) is 0 Å². The third-order valence-electron chi connectivity index (χ3n) is 8.75. The second kappa shape index (κ2) is 12.8. The number of amides is 2. The first-order valence-corrected chi connectivity index (χ1v) is 14.9. The number of likely N-dealkylation sites (tertiary alicyclic amines) is 1.